The van der Waals surface area contributed by atoms with E-state index in [2.05, 4.69) is 26.2 Å². The zero-order chi connectivity index (χ0) is 13.0. The van der Waals surface area contributed by atoms with Crippen molar-refractivity contribution >= 4 is 0 Å². The lowest BCUT2D eigenvalue weighted by Gasteiger charge is -2.42. The molecule has 1 saturated carbocycles. The Balaban J connectivity index is 1.98. The largest absolute Gasteiger partial charge is 0.381 e. The van der Waals surface area contributed by atoms with Crippen LogP contribution in [0.4, 0.5) is 0 Å². The molecule has 0 aromatic heterocycles. The third-order valence-electron chi connectivity index (χ3n) is 5.41. The molecule has 0 aromatic carbocycles. The van der Waals surface area contributed by atoms with E-state index in [9.17, 15) is 0 Å². The summed E-state index contributed by atoms with van der Waals surface area (Å²) in [5.74, 6) is 3.43. The zero-order valence-electron chi connectivity index (χ0n) is 12.5. The summed E-state index contributed by atoms with van der Waals surface area (Å²) in [5.41, 5.74) is 0. The average molecular weight is 253 g/mol. The van der Waals surface area contributed by atoms with Crippen LogP contribution in [-0.2, 0) is 4.74 Å². The van der Waals surface area contributed by atoms with Gasteiger partial charge in [-0.15, -0.1) is 0 Å². The molecule has 0 bridgehead atoms. The van der Waals surface area contributed by atoms with Gasteiger partial charge in [-0.25, -0.2) is 0 Å². The van der Waals surface area contributed by atoms with Crippen LogP contribution in [0.2, 0.25) is 0 Å². The summed E-state index contributed by atoms with van der Waals surface area (Å²) >= 11 is 0. The van der Waals surface area contributed by atoms with Crippen LogP contribution in [0.15, 0.2) is 0 Å². The summed E-state index contributed by atoms with van der Waals surface area (Å²) in [4.78, 5) is 0. The fraction of sp³-hybridized carbons (Fsp3) is 1.00. The Hall–Kier alpha value is -0.0800. The number of rotatable bonds is 4. The standard InChI is InChI=1S/C16H31NO/c1-4-13-6-5-7-14(10-13)16(17-3)15-8-9-18-11-12(15)2/h12-17H,4-11H2,1-3H3. The van der Waals surface area contributed by atoms with Crippen LogP contribution < -0.4 is 5.32 Å². The molecular weight excluding hydrogens is 222 g/mol. The van der Waals surface area contributed by atoms with Gasteiger partial charge in [0.15, 0.2) is 0 Å². The molecule has 0 aromatic rings. The zero-order valence-corrected chi connectivity index (χ0v) is 12.5. The minimum Gasteiger partial charge on any atom is -0.381 e. The Labute approximate surface area is 113 Å². The Morgan fingerprint density at radius 1 is 1.28 bits per heavy atom. The molecule has 1 saturated heterocycles. The second-order valence-corrected chi connectivity index (χ2v) is 6.52. The van der Waals surface area contributed by atoms with Gasteiger partial charge in [0.1, 0.15) is 0 Å². The molecule has 2 aliphatic rings. The summed E-state index contributed by atoms with van der Waals surface area (Å²) < 4.78 is 5.61. The van der Waals surface area contributed by atoms with E-state index in [1.165, 1.54) is 38.5 Å². The van der Waals surface area contributed by atoms with E-state index >= 15 is 0 Å². The molecule has 2 fully saturated rings. The second kappa shape index (κ2) is 6.91. The van der Waals surface area contributed by atoms with Crippen molar-refractivity contribution in [2.45, 2.75) is 58.4 Å². The first-order chi connectivity index (χ1) is 8.76. The van der Waals surface area contributed by atoms with Crippen LogP contribution >= 0.6 is 0 Å². The maximum atomic E-state index is 5.61. The number of hydrogen-bond donors (Lipinski definition) is 1. The molecule has 2 nitrogen and oxygen atoms in total. The highest BCUT2D eigenvalue weighted by Crippen LogP contribution is 2.38. The number of ether oxygens (including phenoxy) is 1. The SMILES string of the molecule is CCC1CCCC(C(NC)C2CCOCC2C)C1. The molecule has 0 amide bonds. The quantitative estimate of drug-likeness (QED) is 0.828. The van der Waals surface area contributed by atoms with Crippen molar-refractivity contribution in [2.75, 3.05) is 20.3 Å². The molecule has 0 radical (unpaired) electrons. The van der Waals surface area contributed by atoms with Crippen LogP contribution in [0.3, 0.4) is 0 Å². The fourth-order valence-corrected chi connectivity index (χ4v) is 4.26. The summed E-state index contributed by atoms with van der Waals surface area (Å²) in [7, 11) is 2.17. The Kier molecular flexibility index (Phi) is 5.50. The number of hydrogen-bond acceptors (Lipinski definition) is 2. The lowest BCUT2D eigenvalue weighted by atomic mass is 9.70. The van der Waals surface area contributed by atoms with Crippen molar-refractivity contribution in [3.8, 4) is 0 Å². The maximum Gasteiger partial charge on any atom is 0.0494 e. The van der Waals surface area contributed by atoms with Gasteiger partial charge in [-0.2, -0.15) is 0 Å². The molecule has 2 rings (SSSR count). The highest BCUT2D eigenvalue weighted by atomic mass is 16.5. The van der Waals surface area contributed by atoms with Gasteiger partial charge in [0.2, 0.25) is 0 Å². The van der Waals surface area contributed by atoms with E-state index < -0.39 is 0 Å². The lowest BCUT2D eigenvalue weighted by molar-refractivity contribution is -0.00201. The highest BCUT2D eigenvalue weighted by Gasteiger charge is 2.35. The van der Waals surface area contributed by atoms with E-state index in [1.807, 2.05) is 0 Å². The van der Waals surface area contributed by atoms with Gasteiger partial charge in [0.25, 0.3) is 0 Å². The Morgan fingerprint density at radius 2 is 2.11 bits per heavy atom. The topological polar surface area (TPSA) is 21.3 Å². The predicted octanol–water partition coefficient (Wildman–Crippen LogP) is 3.46. The first-order valence-electron chi connectivity index (χ1n) is 8.01. The molecule has 5 atom stereocenters. The van der Waals surface area contributed by atoms with Crippen LogP contribution in [-0.4, -0.2) is 26.3 Å². The van der Waals surface area contributed by atoms with Gasteiger partial charge in [0.05, 0.1) is 0 Å². The summed E-state index contributed by atoms with van der Waals surface area (Å²) in [6.07, 6.45) is 8.42. The van der Waals surface area contributed by atoms with Crippen LogP contribution in [0.1, 0.15) is 52.4 Å². The summed E-state index contributed by atoms with van der Waals surface area (Å²) in [6, 6.07) is 0.721. The summed E-state index contributed by atoms with van der Waals surface area (Å²) in [5, 5.41) is 3.66. The van der Waals surface area contributed by atoms with Crippen LogP contribution in [0.5, 0.6) is 0 Å². The van der Waals surface area contributed by atoms with E-state index in [0.717, 1.165) is 42.9 Å². The molecule has 18 heavy (non-hydrogen) atoms. The van der Waals surface area contributed by atoms with Gasteiger partial charge >= 0.3 is 0 Å². The minimum absolute atomic E-state index is 0.721. The smallest absolute Gasteiger partial charge is 0.0494 e. The van der Waals surface area contributed by atoms with Crippen molar-refractivity contribution in [1.82, 2.24) is 5.32 Å². The molecule has 1 aliphatic carbocycles. The predicted molar refractivity (Wildman–Crippen MR) is 76.7 cm³/mol. The van der Waals surface area contributed by atoms with Crippen molar-refractivity contribution in [3.05, 3.63) is 0 Å². The van der Waals surface area contributed by atoms with Gasteiger partial charge in [-0.05, 0) is 50.0 Å². The average Bonchev–Trinajstić information content (AvgIpc) is 2.42. The molecule has 106 valence electrons. The normalized spacial score (nSPS) is 39.5. The van der Waals surface area contributed by atoms with Crippen molar-refractivity contribution in [3.63, 3.8) is 0 Å². The number of nitrogens with one attached hydrogen (secondary N) is 1. The van der Waals surface area contributed by atoms with E-state index in [0.29, 0.717) is 0 Å². The minimum atomic E-state index is 0.721. The van der Waals surface area contributed by atoms with E-state index in [4.69, 9.17) is 4.74 Å². The molecular formula is C16H31NO. The van der Waals surface area contributed by atoms with E-state index in [1.54, 1.807) is 0 Å². The highest BCUT2D eigenvalue weighted by molar-refractivity contribution is 4.89. The second-order valence-electron chi connectivity index (χ2n) is 6.52. The molecule has 1 aliphatic heterocycles. The first-order valence-corrected chi connectivity index (χ1v) is 8.01. The molecule has 5 unspecified atom stereocenters. The maximum absolute atomic E-state index is 5.61. The first kappa shape index (κ1) is 14.3. The molecule has 1 N–H and O–H groups in total. The molecule has 0 spiro atoms. The van der Waals surface area contributed by atoms with Gasteiger partial charge in [-0.3, -0.25) is 0 Å². The van der Waals surface area contributed by atoms with Crippen molar-refractivity contribution in [1.29, 1.82) is 0 Å². The third kappa shape index (κ3) is 3.27. The molecule has 1 heterocycles. The fourth-order valence-electron chi connectivity index (χ4n) is 4.26. The van der Waals surface area contributed by atoms with Crippen LogP contribution in [0, 0.1) is 23.7 Å². The Bertz CT molecular complexity index is 243. The monoisotopic (exact) mass is 253 g/mol. The Morgan fingerprint density at radius 3 is 2.78 bits per heavy atom. The lowest BCUT2D eigenvalue weighted by Crippen LogP contribution is -2.47. The summed E-state index contributed by atoms with van der Waals surface area (Å²) in [6.45, 7) is 6.66. The third-order valence-corrected chi connectivity index (χ3v) is 5.41. The van der Waals surface area contributed by atoms with Crippen molar-refractivity contribution in [2.24, 2.45) is 23.7 Å². The molecule has 2 heteroatoms. The van der Waals surface area contributed by atoms with Gasteiger partial charge < -0.3 is 10.1 Å². The van der Waals surface area contributed by atoms with Gasteiger partial charge in [-0.1, -0.05) is 33.1 Å². The van der Waals surface area contributed by atoms with Crippen molar-refractivity contribution < 1.29 is 4.74 Å². The van der Waals surface area contributed by atoms with E-state index in [-0.39, 0.29) is 0 Å². The van der Waals surface area contributed by atoms with Crippen LogP contribution in [0.25, 0.3) is 0 Å². The van der Waals surface area contributed by atoms with Gasteiger partial charge in [0, 0.05) is 19.3 Å².